The van der Waals surface area contributed by atoms with E-state index in [9.17, 15) is 9.59 Å². The average Bonchev–Trinajstić information content (AvgIpc) is 3.21. The first-order valence-corrected chi connectivity index (χ1v) is 11.0. The van der Waals surface area contributed by atoms with E-state index < -0.39 is 0 Å². The number of fused-ring (bicyclic) bond motifs is 1. The number of H-pyrrole nitrogens is 1. The van der Waals surface area contributed by atoms with Crippen LogP contribution in [0.1, 0.15) is 72.9 Å². The largest absolute Gasteiger partial charge is 0.461 e. The molecule has 0 bridgehead atoms. The van der Waals surface area contributed by atoms with E-state index in [0.29, 0.717) is 31.3 Å². The predicted molar refractivity (Wildman–Crippen MR) is 118 cm³/mol. The van der Waals surface area contributed by atoms with Crippen LogP contribution in [0.25, 0.3) is 10.9 Å². The predicted octanol–water partition coefficient (Wildman–Crippen LogP) is 6.17. The average molecular weight is 404 g/mol. The van der Waals surface area contributed by atoms with Crippen LogP contribution in [0, 0.1) is 5.92 Å². The molecule has 30 heavy (non-hydrogen) atoms. The van der Waals surface area contributed by atoms with Gasteiger partial charge in [-0.05, 0) is 48.3 Å². The Morgan fingerprint density at radius 1 is 1.10 bits per heavy atom. The van der Waals surface area contributed by atoms with Crippen LogP contribution in [0.4, 0.5) is 0 Å². The van der Waals surface area contributed by atoms with Crippen molar-refractivity contribution in [3.8, 4) is 0 Å². The highest BCUT2D eigenvalue weighted by Crippen LogP contribution is 2.40. The molecule has 0 saturated heterocycles. The van der Waals surface area contributed by atoms with E-state index in [4.69, 9.17) is 4.74 Å². The number of ether oxygens (including phenoxy) is 1. The summed E-state index contributed by atoms with van der Waals surface area (Å²) in [6.45, 7) is 2.23. The fourth-order valence-corrected chi connectivity index (χ4v) is 4.66. The minimum atomic E-state index is -0.105. The number of Topliss-reactive ketones (excluding diaryl/α,β-unsaturated/α-hetero) is 1. The van der Waals surface area contributed by atoms with E-state index in [1.165, 1.54) is 10.9 Å². The van der Waals surface area contributed by atoms with Crippen molar-refractivity contribution in [2.75, 3.05) is 0 Å². The lowest BCUT2D eigenvalue weighted by Gasteiger charge is -2.28. The zero-order valence-electron chi connectivity index (χ0n) is 17.5. The number of esters is 1. The van der Waals surface area contributed by atoms with E-state index in [2.05, 4.69) is 17.2 Å². The Balaban J connectivity index is 1.39. The van der Waals surface area contributed by atoms with E-state index in [1.54, 1.807) is 0 Å². The maximum absolute atomic E-state index is 12.4. The third-order valence-electron chi connectivity index (χ3n) is 6.28. The Labute approximate surface area is 177 Å². The number of carbonyl (C=O) groups excluding carboxylic acids is 2. The quantitative estimate of drug-likeness (QED) is 0.379. The summed E-state index contributed by atoms with van der Waals surface area (Å²) >= 11 is 0. The number of ketones is 1. The smallest absolute Gasteiger partial charge is 0.306 e. The summed E-state index contributed by atoms with van der Waals surface area (Å²) in [5.41, 5.74) is 4.12. The molecule has 1 N–H and O–H groups in total. The van der Waals surface area contributed by atoms with Gasteiger partial charge in [-0.3, -0.25) is 9.59 Å². The van der Waals surface area contributed by atoms with Crippen LogP contribution >= 0.6 is 0 Å². The molecule has 156 valence electrons. The number of nitrogens with one attached hydrogen (secondary N) is 1. The van der Waals surface area contributed by atoms with Crippen LogP contribution in [0.5, 0.6) is 0 Å². The van der Waals surface area contributed by atoms with E-state index in [1.807, 2.05) is 49.4 Å². The van der Waals surface area contributed by atoms with Crippen molar-refractivity contribution >= 4 is 22.7 Å². The first-order chi connectivity index (χ1) is 14.6. The van der Waals surface area contributed by atoms with Gasteiger partial charge in [-0.2, -0.15) is 0 Å². The third-order valence-corrected chi connectivity index (χ3v) is 6.28. The van der Waals surface area contributed by atoms with E-state index >= 15 is 0 Å². The van der Waals surface area contributed by atoms with Crippen LogP contribution in [-0.2, 0) is 16.1 Å². The summed E-state index contributed by atoms with van der Waals surface area (Å²) in [6.07, 6.45) is 7.44. The summed E-state index contributed by atoms with van der Waals surface area (Å²) < 4.78 is 5.50. The zero-order valence-corrected chi connectivity index (χ0v) is 17.5. The molecule has 4 rings (SSSR count). The van der Waals surface area contributed by atoms with Crippen molar-refractivity contribution in [1.82, 2.24) is 4.98 Å². The second-order valence-corrected chi connectivity index (χ2v) is 8.36. The lowest BCUT2D eigenvalue weighted by molar-refractivity contribution is -0.146. The Hall–Kier alpha value is -2.88. The number of carbonyl (C=O) groups is 2. The van der Waals surface area contributed by atoms with Gasteiger partial charge in [0, 0.05) is 35.5 Å². The van der Waals surface area contributed by atoms with E-state index in [-0.39, 0.29) is 11.8 Å². The van der Waals surface area contributed by atoms with Gasteiger partial charge in [0.15, 0.2) is 5.78 Å². The van der Waals surface area contributed by atoms with Gasteiger partial charge < -0.3 is 9.72 Å². The fourth-order valence-electron chi connectivity index (χ4n) is 4.66. The molecule has 1 aliphatic rings. The molecule has 4 nitrogen and oxygen atoms in total. The molecule has 1 heterocycles. The molecule has 4 heteroatoms. The van der Waals surface area contributed by atoms with Gasteiger partial charge in [-0.1, -0.05) is 55.8 Å². The minimum absolute atomic E-state index is 0.105. The second-order valence-electron chi connectivity index (χ2n) is 8.36. The zero-order chi connectivity index (χ0) is 20.9. The van der Waals surface area contributed by atoms with Crippen LogP contribution < -0.4 is 0 Å². The molecule has 1 aliphatic carbocycles. The SMILES string of the molecule is CCC(=O)c1ccc2c(C3CCCC(CC(=O)OCc4ccccc4)C3)c[nH]c2c1. The van der Waals surface area contributed by atoms with Crippen molar-refractivity contribution in [3.05, 3.63) is 71.4 Å². The van der Waals surface area contributed by atoms with Crippen molar-refractivity contribution < 1.29 is 14.3 Å². The Bertz CT molecular complexity index is 1020. The Kier molecular flexibility index (Phi) is 6.32. The summed E-state index contributed by atoms with van der Waals surface area (Å²) in [7, 11) is 0. The van der Waals surface area contributed by atoms with Crippen molar-refractivity contribution in [2.24, 2.45) is 5.92 Å². The number of hydrogen-bond donors (Lipinski definition) is 1. The number of aromatic nitrogens is 1. The number of aromatic amines is 1. The number of rotatable bonds is 7. The van der Waals surface area contributed by atoms with Crippen LogP contribution in [0.15, 0.2) is 54.7 Å². The van der Waals surface area contributed by atoms with Gasteiger partial charge in [0.2, 0.25) is 0 Å². The van der Waals surface area contributed by atoms with Crippen LogP contribution in [0.2, 0.25) is 0 Å². The molecule has 3 aromatic rings. The molecule has 2 aromatic carbocycles. The normalized spacial score (nSPS) is 19.0. The van der Waals surface area contributed by atoms with Crippen molar-refractivity contribution in [1.29, 1.82) is 0 Å². The molecule has 0 amide bonds. The molecule has 0 radical (unpaired) electrons. The topological polar surface area (TPSA) is 59.2 Å². The third kappa shape index (κ3) is 4.64. The Morgan fingerprint density at radius 3 is 2.73 bits per heavy atom. The highest BCUT2D eigenvalue weighted by Gasteiger charge is 2.27. The lowest BCUT2D eigenvalue weighted by atomic mass is 9.76. The van der Waals surface area contributed by atoms with Gasteiger partial charge in [-0.25, -0.2) is 0 Å². The first-order valence-electron chi connectivity index (χ1n) is 11.0. The highest BCUT2D eigenvalue weighted by molar-refractivity contribution is 5.99. The van der Waals surface area contributed by atoms with E-state index in [0.717, 1.165) is 42.3 Å². The first kappa shape index (κ1) is 20.4. The molecule has 2 unspecified atom stereocenters. The van der Waals surface area contributed by atoms with Crippen molar-refractivity contribution in [3.63, 3.8) is 0 Å². The number of hydrogen-bond acceptors (Lipinski definition) is 3. The van der Waals surface area contributed by atoms with Crippen LogP contribution in [-0.4, -0.2) is 16.7 Å². The minimum Gasteiger partial charge on any atom is -0.461 e. The molecule has 0 spiro atoms. The molecule has 2 atom stereocenters. The molecule has 1 aromatic heterocycles. The van der Waals surface area contributed by atoms with Gasteiger partial charge >= 0.3 is 5.97 Å². The highest BCUT2D eigenvalue weighted by atomic mass is 16.5. The monoisotopic (exact) mass is 403 g/mol. The van der Waals surface area contributed by atoms with Crippen LogP contribution in [0.3, 0.4) is 0 Å². The second kappa shape index (κ2) is 9.29. The molecule has 1 saturated carbocycles. The fraction of sp³-hybridized carbons (Fsp3) is 0.385. The molecular weight excluding hydrogens is 374 g/mol. The molecule has 1 fully saturated rings. The molecular formula is C26H29NO3. The van der Waals surface area contributed by atoms with Crippen molar-refractivity contribution in [2.45, 2.75) is 58.0 Å². The number of benzene rings is 2. The lowest BCUT2D eigenvalue weighted by Crippen LogP contribution is -2.18. The summed E-state index contributed by atoms with van der Waals surface area (Å²) in [5, 5.41) is 1.19. The maximum Gasteiger partial charge on any atom is 0.306 e. The summed E-state index contributed by atoms with van der Waals surface area (Å²) in [6, 6.07) is 15.8. The van der Waals surface area contributed by atoms with Gasteiger partial charge in [0.05, 0.1) is 0 Å². The van der Waals surface area contributed by atoms with Gasteiger partial charge in [0.25, 0.3) is 0 Å². The summed E-state index contributed by atoms with van der Waals surface area (Å²) in [5.74, 6) is 0.857. The van der Waals surface area contributed by atoms with Gasteiger partial charge in [-0.15, -0.1) is 0 Å². The molecule has 0 aliphatic heterocycles. The maximum atomic E-state index is 12.4. The standard InChI is InChI=1S/C26H29NO3/c1-2-25(28)21-11-12-22-23(16-27-24(22)15-21)20-10-6-9-19(13-20)14-26(29)30-17-18-7-4-3-5-8-18/h3-5,7-8,11-12,15-16,19-20,27H,2,6,9-10,13-14,17H2,1H3. The van der Waals surface area contributed by atoms with Gasteiger partial charge in [0.1, 0.15) is 6.61 Å². The summed E-state index contributed by atoms with van der Waals surface area (Å²) in [4.78, 5) is 27.7. The Morgan fingerprint density at radius 2 is 1.93 bits per heavy atom.